The number of ether oxygens (including phenoxy) is 8. The van der Waals surface area contributed by atoms with Crippen molar-refractivity contribution < 1.29 is 99.4 Å². The van der Waals surface area contributed by atoms with E-state index >= 15 is 0 Å². The van der Waals surface area contributed by atoms with Crippen molar-refractivity contribution in [2.45, 2.75) is 73.9 Å². The van der Waals surface area contributed by atoms with Crippen molar-refractivity contribution in [2.24, 2.45) is 5.41 Å². The number of hydrogen-bond acceptors (Lipinski definition) is 8. The normalized spacial score (nSPS) is 21.3. The van der Waals surface area contributed by atoms with Gasteiger partial charge in [-0.15, -0.1) is 0 Å². The summed E-state index contributed by atoms with van der Waals surface area (Å²) in [5, 5.41) is 0. The molecule has 2 heterocycles. The van der Waals surface area contributed by atoms with E-state index in [4.69, 9.17) is 37.9 Å². The molecule has 0 radical (unpaired) electrons. The van der Waals surface area contributed by atoms with Crippen LogP contribution in [0, 0.1) is 5.41 Å². The Hall–Kier alpha value is -1.30. The summed E-state index contributed by atoms with van der Waals surface area (Å²) in [6.07, 6.45) is -17.7. The van der Waals surface area contributed by atoms with E-state index in [-0.39, 0.29) is 64.7 Å². The van der Waals surface area contributed by atoms with Gasteiger partial charge in [-0.2, -0.15) is 35.1 Å². The molecule has 0 aromatic rings. The van der Waals surface area contributed by atoms with E-state index in [2.05, 4.69) is 0 Å². The monoisotopic (exact) mass is 756 g/mol. The molecule has 0 aromatic heterocycles. The largest absolute Gasteiger partial charge is 0.381 e. The van der Waals surface area contributed by atoms with E-state index in [0.29, 0.717) is 13.2 Å². The van der Waals surface area contributed by atoms with E-state index < -0.39 is 93.9 Å². The molecule has 0 N–H and O–H groups in total. The van der Waals surface area contributed by atoms with Crippen LogP contribution in [0.4, 0.5) is 61.5 Å². The Kier molecular flexibility index (Phi) is 17.5. The molecule has 2 fully saturated rings. The molecule has 0 spiro atoms. The Bertz CT molecular complexity index is 856. The second kappa shape index (κ2) is 19.5. The molecule has 49 heavy (non-hydrogen) atoms. The van der Waals surface area contributed by atoms with Crippen LogP contribution in [-0.2, 0) is 37.9 Å². The van der Waals surface area contributed by atoms with E-state index in [1.807, 2.05) is 0 Å². The predicted molar refractivity (Wildman–Crippen MR) is 138 cm³/mol. The molecule has 8 nitrogen and oxygen atoms in total. The highest BCUT2D eigenvalue weighted by Crippen LogP contribution is 2.44. The Morgan fingerprint density at radius 2 is 0.776 bits per heavy atom. The van der Waals surface area contributed by atoms with E-state index in [1.54, 1.807) is 0 Å². The summed E-state index contributed by atoms with van der Waals surface area (Å²) in [5.74, 6) is -24.1. The van der Waals surface area contributed by atoms with Crippen LogP contribution in [0.25, 0.3) is 0 Å². The van der Waals surface area contributed by atoms with Crippen LogP contribution >= 0.6 is 0 Å². The third-order valence-corrected chi connectivity index (χ3v) is 6.95. The number of rotatable bonds is 30. The summed E-state index contributed by atoms with van der Waals surface area (Å²) < 4.78 is 228. The van der Waals surface area contributed by atoms with Crippen LogP contribution in [0.5, 0.6) is 0 Å². The first-order valence-corrected chi connectivity index (χ1v) is 14.9. The standard InChI is InChI=1S/C27H38F14O8/c28-19(24(34,35)26(38,39)21(30)31)11-46-15-23(13-44-5-1-3-42-7-17-9-48-17,14-45-6-2-4-43-8-18-10-49-18)16-47-12-20(29)25(36,37)27(40,41)22(32)33/h17-22H,1-16H2. The fourth-order valence-corrected chi connectivity index (χ4v) is 3.79. The molecule has 4 unspecified atom stereocenters. The molecule has 2 aliphatic heterocycles. The van der Waals surface area contributed by atoms with Gasteiger partial charge in [-0.05, 0) is 12.8 Å². The van der Waals surface area contributed by atoms with Crippen LogP contribution in [0.1, 0.15) is 12.8 Å². The number of epoxide rings is 2. The van der Waals surface area contributed by atoms with E-state index in [0.717, 1.165) is 0 Å². The molecule has 4 atom stereocenters. The maximum atomic E-state index is 14.2. The minimum absolute atomic E-state index is 0.0628. The van der Waals surface area contributed by atoms with Crippen molar-refractivity contribution in [3.8, 4) is 0 Å². The van der Waals surface area contributed by atoms with Crippen molar-refractivity contribution in [1.82, 2.24) is 0 Å². The average Bonchev–Trinajstić information content (AvgIpc) is 3.96. The van der Waals surface area contributed by atoms with Crippen LogP contribution in [-0.4, -0.2) is 154 Å². The van der Waals surface area contributed by atoms with Crippen LogP contribution in [0.3, 0.4) is 0 Å². The summed E-state index contributed by atoms with van der Waals surface area (Å²) in [5.41, 5.74) is -1.94. The average molecular weight is 757 g/mol. The lowest BCUT2D eigenvalue weighted by atomic mass is 9.92. The van der Waals surface area contributed by atoms with Gasteiger partial charge >= 0.3 is 36.5 Å². The van der Waals surface area contributed by atoms with Crippen molar-refractivity contribution in [1.29, 1.82) is 0 Å². The van der Waals surface area contributed by atoms with Crippen molar-refractivity contribution in [3.05, 3.63) is 0 Å². The molecule has 0 aromatic carbocycles. The minimum Gasteiger partial charge on any atom is -0.381 e. The number of halogens is 14. The third-order valence-electron chi connectivity index (χ3n) is 6.95. The molecule has 22 heteroatoms. The molecular formula is C27H38F14O8. The van der Waals surface area contributed by atoms with Gasteiger partial charge in [0.1, 0.15) is 12.2 Å². The summed E-state index contributed by atoms with van der Waals surface area (Å²) >= 11 is 0. The number of hydrogen-bond donors (Lipinski definition) is 0. The molecule has 0 aliphatic carbocycles. The lowest BCUT2D eigenvalue weighted by molar-refractivity contribution is -0.291. The molecule has 2 rings (SSSR count). The first-order chi connectivity index (χ1) is 22.8. The predicted octanol–water partition coefficient (Wildman–Crippen LogP) is 5.40. The molecule has 0 bridgehead atoms. The highest BCUT2D eigenvalue weighted by atomic mass is 19.4. The van der Waals surface area contributed by atoms with Crippen LogP contribution in [0.15, 0.2) is 0 Å². The Morgan fingerprint density at radius 1 is 0.469 bits per heavy atom. The summed E-state index contributed by atoms with van der Waals surface area (Å²) in [4.78, 5) is 0. The summed E-state index contributed by atoms with van der Waals surface area (Å²) in [6.45, 7) is -5.77. The zero-order valence-electron chi connectivity index (χ0n) is 25.8. The maximum absolute atomic E-state index is 14.2. The first-order valence-electron chi connectivity index (χ1n) is 14.9. The van der Waals surface area contributed by atoms with Gasteiger partial charge in [0.2, 0.25) is 0 Å². The third kappa shape index (κ3) is 13.6. The fraction of sp³-hybridized carbons (Fsp3) is 1.00. The SMILES string of the molecule is FC(F)C(F)(F)C(F)(F)C(F)COCC(COCCCOCC1CO1)(COCCCOCC1CO1)COCC(F)C(F)(F)C(F)(F)C(F)F. The Morgan fingerprint density at radius 3 is 1.08 bits per heavy atom. The summed E-state index contributed by atoms with van der Waals surface area (Å²) in [7, 11) is 0. The minimum atomic E-state index is -6.11. The lowest BCUT2D eigenvalue weighted by Crippen LogP contribution is -2.54. The van der Waals surface area contributed by atoms with Gasteiger partial charge in [-0.3, -0.25) is 0 Å². The molecule has 0 amide bonds. The van der Waals surface area contributed by atoms with Crippen molar-refractivity contribution in [2.75, 3.05) is 92.5 Å². The molecule has 0 saturated carbocycles. The lowest BCUT2D eigenvalue weighted by Gasteiger charge is -2.35. The van der Waals surface area contributed by atoms with Gasteiger partial charge in [0.25, 0.3) is 0 Å². The topological polar surface area (TPSA) is 80.4 Å². The number of alkyl halides is 14. The quantitative estimate of drug-likeness (QED) is 0.0549. The zero-order chi connectivity index (χ0) is 36.9. The van der Waals surface area contributed by atoms with Gasteiger partial charge in [0.05, 0.1) is 71.5 Å². The van der Waals surface area contributed by atoms with Gasteiger partial charge < -0.3 is 37.9 Å². The zero-order valence-corrected chi connectivity index (χ0v) is 25.8. The molecule has 2 aliphatic rings. The van der Waals surface area contributed by atoms with Crippen LogP contribution in [0.2, 0.25) is 0 Å². The fourth-order valence-electron chi connectivity index (χ4n) is 3.79. The second-order valence-corrected chi connectivity index (χ2v) is 11.4. The van der Waals surface area contributed by atoms with Gasteiger partial charge in [-0.25, -0.2) is 26.3 Å². The summed E-state index contributed by atoms with van der Waals surface area (Å²) in [6, 6.07) is 0. The highest BCUT2D eigenvalue weighted by Gasteiger charge is 2.68. The maximum Gasteiger partial charge on any atom is 0.372 e. The van der Waals surface area contributed by atoms with Crippen LogP contribution < -0.4 is 0 Å². The van der Waals surface area contributed by atoms with E-state index in [9.17, 15) is 61.5 Å². The Labute approximate surface area is 271 Å². The van der Waals surface area contributed by atoms with E-state index in [1.165, 1.54) is 0 Å². The smallest absolute Gasteiger partial charge is 0.372 e. The molecular weight excluding hydrogens is 718 g/mol. The highest BCUT2D eigenvalue weighted by molar-refractivity contribution is 4.94. The van der Waals surface area contributed by atoms with Crippen molar-refractivity contribution in [3.63, 3.8) is 0 Å². The van der Waals surface area contributed by atoms with Gasteiger partial charge in [-0.1, -0.05) is 0 Å². The van der Waals surface area contributed by atoms with Crippen molar-refractivity contribution >= 4 is 0 Å². The molecule has 2 saturated heterocycles. The van der Waals surface area contributed by atoms with Gasteiger partial charge in [0.15, 0.2) is 12.3 Å². The second-order valence-electron chi connectivity index (χ2n) is 11.4. The first kappa shape index (κ1) is 43.9. The van der Waals surface area contributed by atoms with Gasteiger partial charge in [0, 0.05) is 26.4 Å². The molecule has 292 valence electrons. The Balaban J connectivity index is 2.12.